The lowest BCUT2D eigenvalue weighted by Crippen LogP contribution is -2.09. The first-order chi connectivity index (χ1) is 16.5. The SMILES string of the molecule is COc1ccc(/C=C/c2cc(OC)c(OC)c(OC)c2)c(NC(=O)/C=C/c2ccc(O)cc2)c1. The molecule has 0 aromatic heterocycles. The quantitative estimate of drug-likeness (QED) is 0.334. The van der Waals surface area contributed by atoms with E-state index < -0.39 is 0 Å². The summed E-state index contributed by atoms with van der Waals surface area (Å²) in [4.78, 5) is 12.6. The van der Waals surface area contributed by atoms with Gasteiger partial charge in [0.2, 0.25) is 11.7 Å². The zero-order valence-electron chi connectivity index (χ0n) is 19.5. The van der Waals surface area contributed by atoms with Crippen LogP contribution < -0.4 is 24.3 Å². The summed E-state index contributed by atoms with van der Waals surface area (Å²) in [5.41, 5.74) is 2.99. The van der Waals surface area contributed by atoms with Crippen molar-refractivity contribution in [2.45, 2.75) is 0 Å². The molecule has 1 amide bonds. The van der Waals surface area contributed by atoms with Gasteiger partial charge in [-0.15, -0.1) is 0 Å². The second-order valence-electron chi connectivity index (χ2n) is 7.16. The normalized spacial score (nSPS) is 10.9. The van der Waals surface area contributed by atoms with Gasteiger partial charge in [0, 0.05) is 12.1 Å². The summed E-state index contributed by atoms with van der Waals surface area (Å²) in [6, 6.07) is 15.6. The van der Waals surface area contributed by atoms with E-state index in [4.69, 9.17) is 18.9 Å². The van der Waals surface area contributed by atoms with Crippen molar-refractivity contribution in [3.8, 4) is 28.7 Å². The highest BCUT2D eigenvalue weighted by molar-refractivity contribution is 6.03. The molecule has 0 saturated carbocycles. The van der Waals surface area contributed by atoms with E-state index in [9.17, 15) is 9.90 Å². The fourth-order valence-corrected chi connectivity index (χ4v) is 3.23. The Hall–Kier alpha value is -4.39. The minimum atomic E-state index is -0.302. The van der Waals surface area contributed by atoms with E-state index in [0.717, 1.165) is 16.7 Å². The first kappa shape index (κ1) is 24.3. The molecule has 0 heterocycles. The standard InChI is InChI=1S/C27H27NO6/c1-31-22-13-10-20(9-5-19-15-24(32-2)27(34-4)25(16-19)33-3)23(17-22)28-26(30)14-8-18-6-11-21(29)12-7-18/h5-17,29H,1-4H3,(H,28,30)/b9-5+,14-8+. The predicted molar refractivity (Wildman–Crippen MR) is 134 cm³/mol. The molecule has 0 spiro atoms. The van der Waals surface area contributed by atoms with E-state index >= 15 is 0 Å². The molecule has 7 nitrogen and oxygen atoms in total. The number of phenols is 1. The fraction of sp³-hybridized carbons (Fsp3) is 0.148. The van der Waals surface area contributed by atoms with Gasteiger partial charge in [0.1, 0.15) is 11.5 Å². The summed E-state index contributed by atoms with van der Waals surface area (Å²) in [5.74, 6) is 2.08. The fourth-order valence-electron chi connectivity index (χ4n) is 3.23. The largest absolute Gasteiger partial charge is 0.508 e. The van der Waals surface area contributed by atoms with Crippen LogP contribution in [0.15, 0.2) is 60.7 Å². The molecule has 176 valence electrons. The van der Waals surface area contributed by atoms with Gasteiger partial charge in [-0.25, -0.2) is 0 Å². The summed E-state index contributed by atoms with van der Waals surface area (Å²) in [6.45, 7) is 0. The smallest absolute Gasteiger partial charge is 0.248 e. The topological polar surface area (TPSA) is 86.3 Å². The molecule has 0 radical (unpaired) electrons. The maximum Gasteiger partial charge on any atom is 0.248 e. The van der Waals surface area contributed by atoms with E-state index in [1.165, 1.54) is 6.08 Å². The molecular weight excluding hydrogens is 434 g/mol. The van der Waals surface area contributed by atoms with Crippen LogP contribution in [0, 0.1) is 0 Å². The summed E-state index contributed by atoms with van der Waals surface area (Å²) >= 11 is 0. The molecule has 2 N–H and O–H groups in total. The van der Waals surface area contributed by atoms with Crippen molar-refractivity contribution in [1.82, 2.24) is 0 Å². The number of carbonyl (C=O) groups excluding carboxylic acids is 1. The van der Waals surface area contributed by atoms with Crippen molar-refractivity contribution in [3.05, 3.63) is 77.4 Å². The van der Waals surface area contributed by atoms with Gasteiger partial charge in [0.25, 0.3) is 0 Å². The first-order valence-electron chi connectivity index (χ1n) is 10.4. The van der Waals surface area contributed by atoms with Gasteiger partial charge in [-0.1, -0.05) is 24.3 Å². The Morgan fingerprint density at radius 2 is 1.44 bits per heavy atom. The molecule has 0 aliphatic rings. The van der Waals surface area contributed by atoms with Crippen LogP contribution in [-0.2, 0) is 4.79 Å². The first-order valence-corrected chi connectivity index (χ1v) is 10.4. The zero-order chi connectivity index (χ0) is 24.5. The average molecular weight is 462 g/mol. The van der Waals surface area contributed by atoms with Crippen LogP contribution in [0.25, 0.3) is 18.2 Å². The van der Waals surface area contributed by atoms with Crippen LogP contribution in [0.3, 0.4) is 0 Å². The Kier molecular flexibility index (Phi) is 8.18. The molecule has 3 aromatic rings. The minimum Gasteiger partial charge on any atom is -0.508 e. The van der Waals surface area contributed by atoms with E-state index in [0.29, 0.717) is 28.7 Å². The van der Waals surface area contributed by atoms with Crippen molar-refractivity contribution in [2.75, 3.05) is 33.8 Å². The number of rotatable bonds is 9. The van der Waals surface area contributed by atoms with E-state index in [-0.39, 0.29) is 11.7 Å². The average Bonchev–Trinajstić information content (AvgIpc) is 2.86. The maximum absolute atomic E-state index is 12.6. The third kappa shape index (κ3) is 6.10. The molecule has 0 bridgehead atoms. The molecule has 0 unspecified atom stereocenters. The number of benzene rings is 3. The van der Waals surface area contributed by atoms with Crippen LogP contribution in [0.1, 0.15) is 16.7 Å². The summed E-state index contributed by atoms with van der Waals surface area (Å²) in [6.07, 6.45) is 6.85. The number of phenolic OH excluding ortho intramolecular Hbond substituents is 1. The van der Waals surface area contributed by atoms with Gasteiger partial charge < -0.3 is 29.4 Å². The molecule has 0 fully saturated rings. The van der Waals surface area contributed by atoms with Crippen LogP contribution in [-0.4, -0.2) is 39.5 Å². The lowest BCUT2D eigenvalue weighted by molar-refractivity contribution is -0.111. The Bertz CT molecular complexity index is 1170. The van der Waals surface area contributed by atoms with Gasteiger partial charge in [-0.2, -0.15) is 0 Å². The molecule has 3 rings (SSSR count). The van der Waals surface area contributed by atoms with E-state index in [1.54, 1.807) is 64.8 Å². The van der Waals surface area contributed by atoms with Crippen molar-refractivity contribution in [3.63, 3.8) is 0 Å². The molecule has 0 aliphatic heterocycles. The monoisotopic (exact) mass is 461 g/mol. The lowest BCUT2D eigenvalue weighted by Gasteiger charge is -2.13. The number of hydrogen-bond donors (Lipinski definition) is 2. The van der Waals surface area contributed by atoms with Gasteiger partial charge >= 0.3 is 0 Å². The molecule has 7 heteroatoms. The highest BCUT2D eigenvalue weighted by atomic mass is 16.5. The van der Waals surface area contributed by atoms with Crippen molar-refractivity contribution in [1.29, 1.82) is 0 Å². The molecule has 0 aliphatic carbocycles. The number of amides is 1. The molecule has 0 saturated heterocycles. The van der Waals surface area contributed by atoms with Gasteiger partial charge in [-0.05, 0) is 59.2 Å². The number of methoxy groups -OCH3 is 4. The molecular formula is C27H27NO6. The van der Waals surface area contributed by atoms with Crippen LogP contribution in [0.5, 0.6) is 28.7 Å². The van der Waals surface area contributed by atoms with Crippen molar-refractivity contribution in [2.24, 2.45) is 0 Å². The number of carbonyl (C=O) groups is 1. The summed E-state index contributed by atoms with van der Waals surface area (Å²) in [7, 11) is 6.25. The van der Waals surface area contributed by atoms with Gasteiger partial charge in [0.15, 0.2) is 11.5 Å². The maximum atomic E-state index is 12.6. The number of hydrogen-bond acceptors (Lipinski definition) is 6. The molecule has 3 aromatic carbocycles. The highest BCUT2D eigenvalue weighted by Gasteiger charge is 2.12. The number of nitrogens with one attached hydrogen (secondary N) is 1. The van der Waals surface area contributed by atoms with Crippen LogP contribution >= 0.6 is 0 Å². The van der Waals surface area contributed by atoms with Crippen LogP contribution in [0.2, 0.25) is 0 Å². The van der Waals surface area contributed by atoms with Crippen molar-refractivity contribution >= 4 is 29.8 Å². The zero-order valence-corrected chi connectivity index (χ0v) is 19.5. The minimum absolute atomic E-state index is 0.168. The second kappa shape index (κ2) is 11.5. The molecule has 34 heavy (non-hydrogen) atoms. The Morgan fingerprint density at radius 3 is 2.03 bits per heavy atom. The van der Waals surface area contributed by atoms with Crippen LogP contribution in [0.4, 0.5) is 5.69 Å². The summed E-state index contributed by atoms with van der Waals surface area (Å²) in [5, 5.41) is 12.3. The van der Waals surface area contributed by atoms with E-state index in [2.05, 4.69) is 5.32 Å². The lowest BCUT2D eigenvalue weighted by atomic mass is 10.1. The number of aromatic hydroxyl groups is 1. The second-order valence-corrected chi connectivity index (χ2v) is 7.16. The summed E-state index contributed by atoms with van der Waals surface area (Å²) < 4.78 is 21.5. The number of anilines is 1. The van der Waals surface area contributed by atoms with Gasteiger partial charge in [0.05, 0.1) is 34.1 Å². The number of ether oxygens (including phenoxy) is 4. The third-order valence-corrected chi connectivity index (χ3v) is 4.98. The van der Waals surface area contributed by atoms with Crippen molar-refractivity contribution < 1.29 is 28.8 Å². The third-order valence-electron chi connectivity index (χ3n) is 4.98. The Balaban J connectivity index is 1.86. The highest BCUT2D eigenvalue weighted by Crippen LogP contribution is 2.38. The molecule has 0 atom stereocenters. The Labute approximate surface area is 198 Å². The predicted octanol–water partition coefficient (Wildman–Crippen LogP) is 5.25. The van der Waals surface area contributed by atoms with E-state index in [1.807, 2.05) is 36.4 Å². The van der Waals surface area contributed by atoms with Gasteiger partial charge in [-0.3, -0.25) is 4.79 Å². The Morgan fingerprint density at radius 1 is 0.765 bits per heavy atom.